The first kappa shape index (κ1) is 47.6. The number of imide groups is 1. The van der Waals surface area contributed by atoms with Crippen molar-refractivity contribution in [2.75, 3.05) is 111 Å². The number of hydrogen-bond acceptors (Lipinski definition) is 14. The molecule has 3 N–H and O–H groups in total. The van der Waals surface area contributed by atoms with Gasteiger partial charge in [-0.05, 0) is 12.8 Å². The SMILES string of the molecule is O=C(CCOCCOCCOC(=O)NCCOCCOCCCCCCCl)NC/C=C/CNC(=O)CCOCCOCCC(=O)ON1C(=O)CCC1=O. The molecule has 18 nitrogen and oxygen atoms in total. The lowest BCUT2D eigenvalue weighted by Crippen LogP contribution is -2.32. The Balaban J connectivity index is 1.80. The maximum atomic E-state index is 11.9. The molecule has 1 aliphatic heterocycles. The Bertz CT molecular complexity index is 1050. The van der Waals surface area contributed by atoms with E-state index < -0.39 is 23.9 Å². The minimum atomic E-state index is -0.744. The summed E-state index contributed by atoms with van der Waals surface area (Å²) < 4.78 is 37.2. The van der Waals surface area contributed by atoms with E-state index in [2.05, 4.69) is 16.0 Å². The molecule has 1 fully saturated rings. The summed E-state index contributed by atoms with van der Waals surface area (Å²) in [6.07, 6.45) is 7.43. The van der Waals surface area contributed by atoms with E-state index in [-0.39, 0.29) is 90.2 Å². The second-order valence-corrected chi connectivity index (χ2v) is 11.6. The van der Waals surface area contributed by atoms with E-state index in [0.29, 0.717) is 70.2 Å². The van der Waals surface area contributed by atoms with Gasteiger partial charge in [-0.25, -0.2) is 9.59 Å². The zero-order chi connectivity index (χ0) is 38.6. The van der Waals surface area contributed by atoms with Crippen LogP contribution in [0.15, 0.2) is 12.2 Å². The fourth-order valence-corrected chi connectivity index (χ4v) is 4.26. The van der Waals surface area contributed by atoms with E-state index in [4.69, 9.17) is 49.6 Å². The van der Waals surface area contributed by atoms with Gasteiger partial charge in [0.2, 0.25) is 11.8 Å². The molecule has 0 bridgehead atoms. The van der Waals surface area contributed by atoms with E-state index >= 15 is 0 Å². The zero-order valence-electron chi connectivity index (χ0n) is 30.6. The summed E-state index contributed by atoms with van der Waals surface area (Å²) in [5.41, 5.74) is 0. The number of alkyl halides is 1. The number of amides is 5. The first-order valence-corrected chi connectivity index (χ1v) is 18.5. The molecule has 19 heteroatoms. The Labute approximate surface area is 316 Å². The summed E-state index contributed by atoms with van der Waals surface area (Å²) in [4.78, 5) is 74.6. The van der Waals surface area contributed by atoms with Crippen molar-refractivity contribution in [3.8, 4) is 0 Å². The Morgan fingerprint density at radius 3 is 1.60 bits per heavy atom. The molecule has 1 saturated heterocycles. The largest absolute Gasteiger partial charge is 0.447 e. The summed E-state index contributed by atoms with van der Waals surface area (Å²) in [6, 6.07) is 0. The Morgan fingerprint density at radius 1 is 0.566 bits per heavy atom. The summed E-state index contributed by atoms with van der Waals surface area (Å²) in [5.74, 6) is -1.51. The Hall–Kier alpha value is -3.39. The molecule has 0 atom stereocenters. The maximum Gasteiger partial charge on any atom is 0.407 e. The van der Waals surface area contributed by atoms with Gasteiger partial charge in [0.05, 0.1) is 79.1 Å². The van der Waals surface area contributed by atoms with Gasteiger partial charge in [-0.1, -0.05) is 25.0 Å². The molecule has 0 aromatic carbocycles. The highest BCUT2D eigenvalue weighted by molar-refractivity contribution is 6.17. The third kappa shape index (κ3) is 29.7. The van der Waals surface area contributed by atoms with E-state index in [1.54, 1.807) is 12.2 Å². The predicted octanol–water partition coefficient (Wildman–Crippen LogP) is 1.18. The molecule has 1 rings (SSSR count). The number of alkyl carbamates (subject to hydrolysis) is 1. The normalized spacial score (nSPS) is 12.7. The number of hydroxylamine groups is 2. The van der Waals surface area contributed by atoms with Crippen LogP contribution in [-0.4, -0.2) is 152 Å². The molecule has 0 spiro atoms. The number of ether oxygens (including phenoxy) is 7. The van der Waals surface area contributed by atoms with Crippen molar-refractivity contribution >= 4 is 47.3 Å². The second-order valence-electron chi connectivity index (χ2n) is 11.2. The molecule has 0 unspecified atom stereocenters. The molecule has 53 heavy (non-hydrogen) atoms. The molecule has 0 aliphatic carbocycles. The average Bonchev–Trinajstić information content (AvgIpc) is 3.45. The highest BCUT2D eigenvalue weighted by atomic mass is 35.5. The van der Waals surface area contributed by atoms with Gasteiger partial charge in [-0.3, -0.25) is 19.2 Å². The third-order valence-electron chi connectivity index (χ3n) is 6.86. The number of halogens is 1. The van der Waals surface area contributed by atoms with Crippen LogP contribution in [0.4, 0.5) is 4.79 Å². The smallest absolute Gasteiger partial charge is 0.407 e. The first-order valence-electron chi connectivity index (χ1n) is 18.0. The van der Waals surface area contributed by atoms with Crippen molar-refractivity contribution in [3.05, 3.63) is 12.2 Å². The number of nitrogens with one attached hydrogen (secondary N) is 3. The standard InChI is InChI=1S/C34H57ClN4O14/c35-12-3-1-2-6-16-46-21-25-50-20-15-38-34(45)52-28-27-51-26-24-48-18-10-30(41)37-14-5-4-13-36-29(40)9-17-47-22-23-49-19-11-33(44)53-39-31(42)7-8-32(39)43/h4-5H,1-3,6-28H2,(H,36,40)(H,37,41)(H,38,45)/b5-4+. The van der Waals surface area contributed by atoms with Gasteiger partial charge in [0.1, 0.15) is 6.61 Å². The van der Waals surface area contributed by atoms with Crippen LogP contribution in [0.1, 0.15) is 57.8 Å². The minimum absolute atomic E-state index is 0.0307. The van der Waals surface area contributed by atoms with Crippen LogP contribution in [0, 0.1) is 0 Å². The maximum absolute atomic E-state index is 11.9. The van der Waals surface area contributed by atoms with Crippen LogP contribution in [0.2, 0.25) is 0 Å². The molecule has 304 valence electrons. The fourth-order valence-electron chi connectivity index (χ4n) is 4.07. The molecule has 5 amide bonds. The summed E-state index contributed by atoms with van der Waals surface area (Å²) in [5, 5.41) is 8.50. The first-order chi connectivity index (χ1) is 25.8. The number of carbonyl (C=O) groups is 6. The third-order valence-corrected chi connectivity index (χ3v) is 7.13. The van der Waals surface area contributed by atoms with Crippen LogP contribution in [0.25, 0.3) is 0 Å². The van der Waals surface area contributed by atoms with Crippen molar-refractivity contribution in [1.82, 2.24) is 21.0 Å². The van der Waals surface area contributed by atoms with Gasteiger partial charge < -0.3 is 53.9 Å². The lowest BCUT2D eigenvalue weighted by molar-refractivity contribution is -0.198. The fraction of sp³-hybridized carbons (Fsp3) is 0.765. The topological polar surface area (TPSA) is 216 Å². The molecular formula is C34H57ClN4O14. The highest BCUT2D eigenvalue weighted by Crippen LogP contribution is 2.12. The number of unbranched alkanes of at least 4 members (excludes halogenated alkanes) is 3. The number of rotatable bonds is 35. The van der Waals surface area contributed by atoms with Crippen LogP contribution >= 0.6 is 11.6 Å². The highest BCUT2D eigenvalue weighted by Gasteiger charge is 2.32. The number of nitrogens with zero attached hydrogens (tertiary/aromatic N) is 1. The summed E-state index contributed by atoms with van der Waals surface area (Å²) in [6.45, 7) is 4.72. The van der Waals surface area contributed by atoms with Gasteiger partial charge in [-0.15, -0.1) is 16.7 Å². The molecule has 0 radical (unpaired) electrons. The van der Waals surface area contributed by atoms with Crippen molar-refractivity contribution in [1.29, 1.82) is 0 Å². The quantitative estimate of drug-likeness (QED) is 0.0357. The van der Waals surface area contributed by atoms with Crippen LogP contribution in [0.5, 0.6) is 0 Å². The van der Waals surface area contributed by atoms with Crippen molar-refractivity contribution < 1.29 is 66.8 Å². The molecular weight excluding hydrogens is 724 g/mol. The van der Waals surface area contributed by atoms with Crippen LogP contribution < -0.4 is 16.0 Å². The van der Waals surface area contributed by atoms with E-state index in [1.807, 2.05) is 0 Å². The predicted molar refractivity (Wildman–Crippen MR) is 190 cm³/mol. The molecule has 0 aromatic rings. The summed E-state index contributed by atoms with van der Waals surface area (Å²) >= 11 is 5.64. The molecule has 0 saturated carbocycles. The zero-order valence-corrected chi connectivity index (χ0v) is 31.3. The number of hydrogen-bond donors (Lipinski definition) is 3. The summed E-state index contributed by atoms with van der Waals surface area (Å²) in [7, 11) is 0. The van der Waals surface area contributed by atoms with Crippen molar-refractivity contribution in [2.24, 2.45) is 0 Å². The van der Waals surface area contributed by atoms with Crippen molar-refractivity contribution in [2.45, 2.75) is 57.8 Å². The van der Waals surface area contributed by atoms with Crippen LogP contribution in [0.3, 0.4) is 0 Å². The Morgan fingerprint density at radius 2 is 1.04 bits per heavy atom. The molecule has 0 aromatic heterocycles. The van der Waals surface area contributed by atoms with Gasteiger partial charge in [-0.2, -0.15) is 0 Å². The van der Waals surface area contributed by atoms with Gasteiger partial charge >= 0.3 is 12.1 Å². The lowest BCUT2D eigenvalue weighted by atomic mass is 10.2. The number of carbonyl (C=O) groups excluding carboxylic acids is 6. The minimum Gasteiger partial charge on any atom is -0.447 e. The monoisotopic (exact) mass is 780 g/mol. The van der Waals surface area contributed by atoms with Gasteiger partial charge in [0.15, 0.2) is 0 Å². The second kappa shape index (κ2) is 34.4. The van der Waals surface area contributed by atoms with Crippen molar-refractivity contribution in [3.63, 3.8) is 0 Å². The van der Waals surface area contributed by atoms with E-state index in [9.17, 15) is 28.8 Å². The average molecular weight is 781 g/mol. The van der Waals surface area contributed by atoms with Crippen LogP contribution in [-0.2, 0) is 62.0 Å². The van der Waals surface area contributed by atoms with E-state index in [0.717, 1.165) is 25.7 Å². The lowest BCUT2D eigenvalue weighted by Gasteiger charge is -2.12. The molecule has 1 aliphatic rings. The Kier molecular flexibility index (Phi) is 30.9. The molecule has 1 heterocycles. The van der Waals surface area contributed by atoms with E-state index in [1.165, 1.54) is 0 Å². The van der Waals surface area contributed by atoms with Gasteiger partial charge in [0, 0.05) is 57.8 Å². The van der Waals surface area contributed by atoms with Gasteiger partial charge in [0.25, 0.3) is 11.8 Å².